The molecule has 2 aromatic rings. The molecule has 114 valence electrons. The second kappa shape index (κ2) is 5.57. The molecule has 2 rings (SSSR count). The van der Waals surface area contributed by atoms with E-state index in [1.54, 1.807) is 0 Å². The van der Waals surface area contributed by atoms with Crippen LogP contribution in [0.4, 0.5) is 0 Å². The molecular weight excluding hydrogens is 292 g/mol. The van der Waals surface area contributed by atoms with Gasteiger partial charge in [0.25, 0.3) is 0 Å². The molecule has 0 atom stereocenters. The predicted molar refractivity (Wildman–Crippen MR) is 76.2 cm³/mol. The third-order valence-electron chi connectivity index (χ3n) is 2.97. The lowest BCUT2D eigenvalue weighted by molar-refractivity contribution is 0.104. The first kappa shape index (κ1) is 15.0. The van der Waals surface area contributed by atoms with Crippen LogP contribution in [0.1, 0.15) is 15.9 Å². The fraction of sp³-hybridized carbons (Fsp3) is 0. The molecule has 0 unspecified atom stereocenters. The molecule has 0 aliphatic heterocycles. The summed E-state index contributed by atoms with van der Waals surface area (Å²) in [5, 5.41) is 56.3. The lowest BCUT2D eigenvalue weighted by Gasteiger charge is -2.05. The summed E-state index contributed by atoms with van der Waals surface area (Å²) in [5.41, 5.74) is -0.194. The van der Waals surface area contributed by atoms with Gasteiger partial charge in [-0.15, -0.1) is 0 Å². The molecule has 0 aliphatic carbocycles. The summed E-state index contributed by atoms with van der Waals surface area (Å²) in [7, 11) is 0. The van der Waals surface area contributed by atoms with E-state index in [-0.39, 0.29) is 11.1 Å². The van der Waals surface area contributed by atoms with Crippen molar-refractivity contribution in [2.24, 2.45) is 0 Å². The molecular formula is C15H12O7. The second-order valence-electron chi connectivity index (χ2n) is 4.40. The van der Waals surface area contributed by atoms with Gasteiger partial charge in [-0.3, -0.25) is 4.79 Å². The van der Waals surface area contributed by atoms with Crippen LogP contribution < -0.4 is 0 Å². The second-order valence-corrected chi connectivity index (χ2v) is 4.40. The number of benzene rings is 2. The number of hydrogen-bond acceptors (Lipinski definition) is 7. The molecule has 0 saturated carbocycles. The van der Waals surface area contributed by atoms with Crippen LogP contribution in [-0.2, 0) is 0 Å². The van der Waals surface area contributed by atoms with E-state index in [9.17, 15) is 35.4 Å². The first-order valence-corrected chi connectivity index (χ1v) is 6.03. The zero-order chi connectivity index (χ0) is 16.4. The summed E-state index contributed by atoms with van der Waals surface area (Å²) < 4.78 is 0. The standard InChI is InChI=1S/C15H12O7/c16-9(8-3-6-11(18)15(22)13(8)20)4-1-7-2-5-10(17)14(21)12(7)19/h1-6,17-22H. The Morgan fingerprint density at radius 1 is 0.727 bits per heavy atom. The zero-order valence-corrected chi connectivity index (χ0v) is 11.1. The molecule has 0 amide bonds. The number of aromatic hydroxyl groups is 6. The number of phenols is 6. The van der Waals surface area contributed by atoms with Crippen molar-refractivity contribution in [3.8, 4) is 34.5 Å². The predicted octanol–water partition coefficient (Wildman–Crippen LogP) is 1.82. The van der Waals surface area contributed by atoms with Crippen LogP contribution in [-0.4, -0.2) is 36.4 Å². The monoisotopic (exact) mass is 304 g/mol. The zero-order valence-electron chi connectivity index (χ0n) is 11.1. The van der Waals surface area contributed by atoms with Gasteiger partial charge in [0.2, 0.25) is 11.5 Å². The normalized spacial score (nSPS) is 10.9. The highest BCUT2D eigenvalue weighted by Gasteiger charge is 2.15. The number of ketones is 1. The molecule has 0 radical (unpaired) electrons. The van der Waals surface area contributed by atoms with E-state index in [2.05, 4.69) is 0 Å². The van der Waals surface area contributed by atoms with Crippen LogP contribution in [0, 0.1) is 0 Å². The summed E-state index contributed by atoms with van der Waals surface area (Å²) in [6.45, 7) is 0. The van der Waals surface area contributed by atoms with Crippen LogP contribution in [0.3, 0.4) is 0 Å². The lowest BCUT2D eigenvalue weighted by atomic mass is 10.1. The number of hydrogen-bond donors (Lipinski definition) is 6. The summed E-state index contributed by atoms with van der Waals surface area (Å²) in [4.78, 5) is 11.9. The molecule has 22 heavy (non-hydrogen) atoms. The average Bonchev–Trinajstić information content (AvgIpc) is 2.49. The Bertz CT molecular complexity index is 778. The topological polar surface area (TPSA) is 138 Å². The van der Waals surface area contributed by atoms with Gasteiger partial charge in [0.1, 0.15) is 0 Å². The largest absolute Gasteiger partial charge is 0.504 e. The van der Waals surface area contributed by atoms with Crippen LogP contribution in [0.15, 0.2) is 30.3 Å². The summed E-state index contributed by atoms with van der Waals surface area (Å²) in [6, 6.07) is 4.55. The highest BCUT2D eigenvalue weighted by molar-refractivity contribution is 6.09. The van der Waals surface area contributed by atoms with Crippen molar-refractivity contribution in [1.82, 2.24) is 0 Å². The van der Waals surface area contributed by atoms with E-state index in [1.165, 1.54) is 6.07 Å². The Labute approximate surface area is 124 Å². The van der Waals surface area contributed by atoms with Crippen LogP contribution >= 0.6 is 0 Å². The Morgan fingerprint density at radius 2 is 1.27 bits per heavy atom. The average molecular weight is 304 g/mol. The van der Waals surface area contributed by atoms with Gasteiger partial charge in [0.05, 0.1) is 5.56 Å². The number of phenolic OH excluding ortho intramolecular Hbond substituents is 6. The van der Waals surface area contributed by atoms with Gasteiger partial charge in [-0.05, 0) is 36.4 Å². The Hall–Kier alpha value is -3.35. The molecule has 0 fully saturated rings. The maximum atomic E-state index is 11.9. The minimum atomic E-state index is -0.815. The van der Waals surface area contributed by atoms with Gasteiger partial charge in [-0.2, -0.15) is 0 Å². The van der Waals surface area contributed by atoms with E-state index in [0.29, 0.717) is 0 Å². The van der Waals surface area contributed by atoms with Gasteiger partial charge in [-0.1, -0.05) is 0 Å². The number of allylic oxidation sites excluding steroid dienone is 1. The van der Waals surface area contributed by atoms with Crippen molar-refractivity contribution < 1.29 is 35.4 Å². The molecule has 0 saturated heterocycles. The third kappa shape index (κ3) is 2.59. The maximum absolute atomic E-state index is 11.9. The smallest absolute Gasteiger partial charge is 0.201 e. The SMILES string of the molecule is O=C(C=Cc1ccc(O)c(O)c1O)c1ccc(O)c(O)c1O. The van der Waals surface area contributed by atoms with Crippen molar-refractivity contribution in [2.45, 2.75) is 0 Å². The molecule has 6 N–H and O–H groups in total. The van der Waals surface area contributed by atoms with Crippen molar-refractivity contribution in [2.75, 3.05) is 0 Å². The minimum absolute atomic E-state index is 0.0612. The van der Waals surface area contributed by atoms with Gasteiger partial charge in [0.15, 0.2) is 28.8 Å². The van der Waals surface area contributed by atoms with E-state index in [0.717, 1.165) is 30.4 Å². The Morgan fingerprint density at radius 3 is 1.91 bits per heavy atom. The van der Waals surface area contributed by atoms with Crippen molar-refractivity contribution in [3.63, 3.8) is 0 Å². The molecule has 0 heterocycles. The van der Waals surface area contributed by atoms with Crippen molar-refractivity contribution >= 4 is 11.9 Å². The molecule has 0 aromatic heterocycles. The first-order valence-electron chi connectivity index (χ1n) is 6.03. The fourth-order valence-corrected chi connectivity index (χ4v) is 1.74. The fourth-order valence-electron chi connectivity index (χ4n) is 1.74. The van der Waals surface area contributed by atoms with Gasteiger partial charge in [-0.25, -0.2) is 0 Å². The van der Waals surface area contributed by atoms with Crippen molar-refractivity contribution in [3.05, 3.63) is 41.5 Å². The molecule has 7 heteroatoms. The summed E-state index contributed by atoms with van der Waals surface area (Å²) in [6.07, 6.45) is 2.14. The van der Waals surface area contributed by atoms with Crippen LogP contribution in [0.25, 0.3) is 6.08 Å². The van der Waals surface area contributed by atoms with Gasteiger partial charge >= 0.3 is 0 Å². The number of carbonyl (C=O) groups is 1. The van der Waals surface area contributed by atoms with Crippen molar-refractivity contribution in [1.29, 1.82) is 0 Å². The summed E-state index contributed by atoms with van der Waals surface area (Å²) >= 11 is 0. The van der Waals surface area contributed by atoms with E-state index in [4.69, 9.17) is 0 Å². The quantitative estimate of drug-likeness (QED) is 0.289. The van der Waals surface area contributed by atoms with E-state index in [1.807, 2.05) is 0 Å². The Balaban J connectivity index is 2.34. The van der Waals surface area contributed by atoms with Crippen LogP contribution in [0.5, 0.6) is 34.5 Å². The number of carbonyl (C=O) groups excluding carboxylic acids is 1. The van der Waals surface area contributed by atoms with Gasteiger partial charge in [0, 0.05) is 5.56 Å². The highest BCUT2D eigenvalue weighted by atomic mass is 16.3. The minimum Gasteiger partial charge on any atom is -0.504 e. The molecule has 0 spiro atoms. The van der Waals surface area contributed by atoms with Gasteiger partial charge < -0.3 is 30.6 Å². The first-order chi connectivity index (χ1) is 10.3. The molecule has 0 bridgehead atoms. The molecule has 2 aromatic carbocycles. The molecule has 7 nitrogen and oxygen atoms in total. The van der Waals surface area contributed by atoms with E-state index < -0.39 is 40.3 Å². The van der Waals surface area contributed by atoms with Crippen LogP contribution in [0.2, 0.25) is 0 Å². The Kier molecular flexibility index (Phi) is 3.81. The maximum Gasteiger partial charge on any atom is 0.201 e. The number of rotatable bonds is 3. The highest BCUT2D eigenvalue weighted by Crippen LogP contribution is 2.39. The third-order valence-corrected chi connectivity index (χ3v) is 2.97. The lowest BCUT2D eigenvalue weighted by Crippen LogP contribution is -1.95. The van der Waals surface area contributed by atoms with E-state index >= 15 is 0 Å². The summed E-state index contributed by atoms with van der Waals surface area (Å²) in [5.74, 6) is -4.71. The molecule has 0 aliphatic rings.